The number of aryl methyl sites for hydroxylation is 2. The number of nitrogens with one attached hydrogen (secondary N) is 2. The van der Waals surface area contributed by atoms with Crippen LogP contribution in [0.25, 0.3) is 0 Å². The molecule has 0 aliphatic carbocycles. The Morgan fingerprint density at radius 3 is 2.31 bits per heavy atom. The minimum atomic E-state index is 0.213. The van der Waals surface area contributed by atoms with Crippen molar-refractivity contribution in [2.75, 3.05) is 0 Å². The SMILES string of the molecule is Cc1nc(C)c(C(C)NC(=S)NC(C)C)s1. The molecular weight excluding hydrogens is 238 g/mol. The third-order valence-electron chi connectivity index (χ3n) is 2.10. The van der Waals surface area contributed by atoms with Gasteiger partial charge in [-0.15, -0.1) is 11.3 Å². The van der Waals surface area contributed by atoms with E-state index in [1.807, 2.05) is 13.8 Å². The van der Waals surface area contributed by atoms with Gasteiger partial charge in [-0.2, -0.15) is 0 Å². The van der Waals surface area contributed by atoms with E-state index in [2.05, 4.69) is 36.4 Å². The molecule has 1 unspecified atom stereocenters. The molecule has 3 nitrogen and oxygen atoms in total. The van der Waals surface area contributed by atoms with E-state index in [4.69, 9.17) is 12.2 Å². The summed E-state index contributed by atoms with van der Waals surface area (Å²) in [5.74, 6) is 0. The highest BCUT2D eigenvalue weighted by Crippen LogP contribution is 2.24. The standard InChI is InChI=1S/C11H19N3S2/c1-6(2)12-11(15)14-8(4)10-7(3)13-9(5)16-10/h6,8H,1-5H3,(H2,12,14,15). The van der Waals surface area contributed by atoms with Gasteiger partial charge in [0.2, 0.25) is 0 Å². The molecule has 1 atom stereocenters. The van der Waals surface area contributed by atoms with Crippen LogP contribution >= 0.6 is 23.6 Å². The molecule has 0 aromatic carbocycles. The molecule has 0 aliphatic heterocycles. The molecule has 0 aliphatic rings. The van der Waals surface area contributed by atoms with Gasteiger partial charge in [0.15, 0.2) is 5.11 Å². The van der Waals surface area contributed by atoms with Crippen LogP contribution in [0.2, 0.25) is 0 Å². The summed E-state index contributed by atoms with van der Waals surface area (Å²) >= 11 is 6.94. The fraction of sp³-hybridized carbons (Fsp3) is 0.636. The Labute approximate surface area is 107 Å². The van der Waals surface area contributed by atoms with Crippen molar-refractivity contribution in [3.63, 3.8) is 0 Å². The van der Waals surface area contributed by atoms with E-state index in [-0.39, 0.29) is 6.04 Å². The van der Waals surface area contributed by atoms with Crippen LogP contribution in [0, 0.1) is 13.8 Å². The van der Waals surface area contributed by atoms with Crippen LogP contribution in [0.5, 0.6) is 0 Å². The smallest absolute Gasteiger partial charge is 0.166 e. The van der Waals surface area contributed by atoms with Crippen molar-refractivity contribution in [3.8, 4) is 0 Å². The van der Waals surface area contributed by atoms with Gasteiger partial charge >= 0.3 is 0 Å². The van der Waals surface area contributed by atoms with Gasteiger partial charge in [-0.05, 0) is 46.8 Å². The minimum Gasteiger partial charge on any atom is -0.361 e. The Morgan fingerprint density at radius 2 is 1.88 bits per heavy atom. The summed E-state index contributed by atoms with van der Waals surface area (Å²) < 4.78 is 0. The van der Waals surface area contributed by atoms with Gasteiger partial charge in [-0.3, -0.25) is 0 Å². The molecule has 5 heteroatoms. The second kappa shape index (κ2) is 5.59. The Hall–Kier alpha value is -0.680. The van der Waals surface area contributed by atoms with E-state index >= 15 is 0 Å². The lowest BCUT2D eigenvalue weighted by atomic mass is 10.2. The minimum absolute atomic E-state index is 0.213. The van der Waals surface area contributed by atoms with Crippen LogP contribution in [0.3, 0.4) is 0 Å². The molecule has 16 heavy (non-hydrogen) atoms. The normalized spacial score (nSPS) is 12.6. The summed E-state index contributed by atoms with van der Waals surface area (Å²) in [5, 5.41) is 8.25. The molecule has 1 aromatic heterocycles. The van der Waals surface area contributed by atoms with Crippen molar-refractivity contribution in [2.45, 2.75) is 46.7 Å². The lowest BCUT2D eigenvalue weighted by Gasteiger charge is -2.18. The van der Waals surface area contributed by atoms with Crippen LogP contribution in [0.4, 0.5) is 0 Å². The Kier molecular flexibility index (Phi) is 4.68. The van der Waals surface area contributed by atoms with E-state index in [9.17, 15) is 0 Å². The first-order valence-electron chi connectivity index (χ1n) is 5.41. The predicted molar refractivity (Wildman–Crippen MR) is 74.0 cm³/mol. The molecule has 1 aromatic rings. The molecule has 2 N–H and O–H groups in total. The fourth-order valence-electron chi connectivity index (χ4n) is 1.51. The zero-order valence-electron chi connectivity index (χ0n) is 10.4. The second-order valence-corrected chi connectivity index (χ2v) is 5.82. The third kappa shape index (κ3) is 3.72. The number of thiazole rings is 1. The number of rotatable bonds is 3. The summed E-state index contributed by atoms with van der Waals surface area (Å²) in [4.78, 5) is 5.67. The van der Waals surface area contributed by atoms with Crippen molar-refractivity contribution in [3.05, 3.63) is 15.6 Å². The van der Waals surface area contributed by atoms with Gasteiger partial charge < -0.3 is 10.6 Å². The van der Waals surface area contributed by atoms with Gasteiger partial charge in [0.1, 0.15) is 0 Å². The highest BCUT2D eigenvalue weighted by molar-refractivity contribution is 7.80. The summed E-state index contributed by atoms with van der Waals surface area (Å²) in [5.41, 5.74) is 1.09. The average molecular weight is 257 g/mol. The van der Waals surface area contributed by atoms with Crippen molar-refractivity contribution < 1.29 is 0 Å². The monoisotopic (exact) mass is 257 g/mol. The average Bonchev–Trinajstić information content (AvgIpc) is 2.43. The van der Waals surface area contributed by atoms with Crippen LogP contribution in [0.1, 0.15) is 42.4 Å². The number of hydrogen-bond donors (Lipinski definition) is 2. The molecule has 1 rings (SSSR count). The van der Waals surface area contributed by atoms with Crippen LogP contribution in [0.15, 0.2) is 0 Å². The van der Waals surface area contributed by atoms with Gasteiger partial charge in [-0.25, -0.2) is 4.98 Å². The molecule has 0 fully saturated rings. The van der Waals surface area contributed by atoms with Gasteiger partial charge in [-0.1, -0.05) is 0 Å². The first kappa shape index (κ1) is 13.4. The molecule has 1 heterocycles. The maximum absolute atomic E-state index is 5.22. The van der Waals surface area contributed by atoms with Crippen LogP contribution < -0.4 is 10.6 Å². The van der Waals surface area contributed by atoms with Gasteiger partial charge in [0.25, 0.3) is 0 Å². The fourth-order valence-corrected chi connectivity index (χ4v) is 2.86. The summed E-state index contributed by atoms with van der Waals surface area (Å²) in [6.45, 7) is 10.3. The lowest BCUT2D eigenvalue weighted by Crippen LogP contribution is -2.40. The molecule has 0 bridgehead atoms. The third-order valence-corrected chi connectivity index (χ3v) is 3.59. The molecule has 0 saturated carbocycles. The van der Waals surface area contributed by atoms with E-state index in [1.165, 1.54) is 4.88 Å². The number of thiocarbonyl (C=S) groups is 1. The molecule has 0 radical (unpaired) electrons. The topological polar surface area (TPSA) is 37.0 Å². The zero-order chi connectivity index (χ0) is 12.3. The zero-order valence-corrected chi connectivity index (χ0v) is 12.1. The highest BCUT2D eigenvalue weighted by Gasteiger charge is 2.13. The summed E-state index contributed by atoms with van der Waals surface area (Å²) in [7, 11) is 0. The van der Waals surface area contributed by atoms with Crippen LogP contribution in [-0.4, -0.2) is 16.1 Å². The Bertz CT molecular complexity index is 371. The van der Waals surface area contributed by atoms with E-state index < -0.39 is 0 Å². The highest BCUT2D eigenvalue weighted by atomic mass is 32.1. The van der Waals surface area contributed by atoms with E-state index in [0.29, 0.717) is 11.2 Å². The largest absolute Gasteiger partial charge is 0.361 e. The van der Waals surface area contributed by atoms with Crippen molar-refractivity contribution in [1.29, 1.82) is 0 Å². The van der Waals surface area contributed by atoms with E-state index in [0.717, 1.165) is 10.7 Å². The lowest BCUT2D eigenvalue weighted by molar-refractivity contribution is 0.667. The first-order valence-corrected chi connectivity index (χ1v) is 6.63. The maximum atomic E-state index is 5.22. The first-order chi connectivity index (χ1) is 7.40. The van der Waals surface area contributed by atoms with Gasteiger partial charge in [0, 0.05) is 10.9 Å². The predicted octanol–water partition coefficient (Wildman–Crippen LogP) is 2.69. The molecule has 0 spiro atoms. The van der Waals surface area contributed by atoms with Crippen molar-refractivity contribution in [2.24, 2.45) is 0 Å². The number of aromatic nitrogens is 1. The van der Waals surface area contributed by atoms with Crippen molar-refractivity contribution in [1.82, 2.24) is 15.6 Å². The molecule has 0 amide bonds. The maximum Gasteiger partial charge on any atom is 0.166 e. The van der Waals surface area contributed by atoms with E-state index in [1.54, 1.807) is 11.3 Å². The molecular formula is C11H19N3S2. The van der Waals surface area contributed by atoms with Gasteiger partial charge in [0.05, 0.1) is 16.7 Å². The molecule has 0 saturated heterocycles. The number of hydrogen-bond acceptors (Lipinski definition) is 3. The second-order valence-electron chi connectivity index (χ2n) is 4.18. The van der Waals surface area contributed by atoms with Crippen molar-refractivity contribution >= 4 is 28.7 Å². The summed E-state index contributed by atoms with van der Waals surface area (Å²) in [6.07, 6.45) is 0. The van der Waals surface area contributed by atoms with Crippen LogP contribution in [-0.2, 0) is 0 Å². The Balaban J connectivity index is 2.62. The number of nitrogens with zero attached hydrogens (tertiary/aromatic N) is 1. The Morgan fingerprint density at radius 1 is 1.25 bits per heavy atom. The quantitative estimate of drug-likeness (QED) is 0.816. The summed E-state index contributed by atoms with van der Waals surface area (Å²) in [6, 6.07) is 0.571. The molecule has 90 valence electrons.